The van der Waals surface area contributed by atoms with E-state index < -0.39 is 0 Å². The Morgan fingerprint density at radius 1 is 1.10 bits per heavy atom. The van der Waals surface area contributed by atoms with Crippen LogP contribution in [0.15, 0.2) is 36.4 Å². The van der Waals surface area contributed by atoms with Gasteiger partial charge in [-0.3, -0.25) is 9.59 Å². The molecule has 1 N–H and O–H groups in total. The first-order valence-electron chi connectivity index (χ1n) is 10.2. The van der Waals surface area contributed by atoms with Crippen molar-refractivity contribution in [2.75, 3.05) is 18.6 Å². The maximum atomic E-state index is 12.8. The van der Waals surface area contributed by atoms with Crippen LogP contribution >= 0.6 is 0 Å². The minimum atomic E-state index is -0.134. The number of benzene rings is 2. The van der Waals surface area contributed by atoms with E-state index in [4.69, 9.17) is 4.74 Å². The SMILES string of the molecule is COc1cc(C)c(C(C)NC(=O)c2ccc(N3CCCC3=O)cc2)cc1C(C)C. The van der Waals surface area contributed by atoms with Crippen LogP contribution in [-0.4, -0.2) is 25.5 Å². The van der Waals surface area contributed by atoms with Crippen molar-refractivity contribution in [2.45, 2.75) is 52.5 Å². The maximum Gasteiger partial charge on any atom is 0.251 e. The molecular formula is C24H30N2O3. The summed E-state index contributed by atoms with van der Waals surface area (Å²) < 4.78 is 5.52. The topological polar surface area (TPSA) is 58.6 Å². The van der Waals surface area contributed by atoms with Crippen molar-refractivity contribution < 1.29 is 14.3 Å². The molecule has 0 bridgehead atoms. The lowest BCUT2D eigenvalue weighted by molar-refractivity contribution is -0.117. The first-order valence-corrected chi connectivity index (χ1v) is 10.2. The average molecular weight is 395 g/mol. The monoisotopic (exact) mass is 394 g/mol. The summed E-state index contributed by atoms with van der Waals surface area (Å²) >= 11 is 0. The van der Waals surface area contributed by atoms with Gasteiger partial charge in [-0.25, -0.2) is 0 Å². The molecule has 5 heteroatoms. The molecule has 29 heavy (non-hydrogen) atoms. The highest BCUT2D eigenvalue weighted by molar-refractivity contribution is 5.97. The minimum Gasteiger partial charge on any atom is -0.496 e. The fourth-order valence-corrected chi connectivity index (χ4v) is 3.88. The summed E-state index contributed by atoms with van der Waals surface area (Å²) in [5, 5.41) is 3.09. The molecule has 5 nitrogen and oxygen atoms in total. The van der Waals surface area contributed by atoms with Crippen LogP contribution in [0.2, 0.25) is 0 Å². The Morgan fingerprint density at radius 3 is 2.34 bits per heavy atom. The van der Waals surface area contributed by atoms with Gasteiger partial charge in [-0.05, 0) is 79.3 Å². The quantitative estimate of drug-likeness (QED) is 0.769. The lowest BCUT2D eigenvalue weighted by Gasteiger charge is -2.21. The van der Waals surface area contributed by atoms with Crippen LogP contribution in [0, 0.1) is 6.92 Å². The average Bonchev–Trinajstić information content (AvgIpc) is 3.13. The first kappa shape index (κ1) is 20.9. The zero-order valence-corrected chi connectivity index (χ0v) is 17.9. The molecule has 1 saturated heterocycles. The Balaban J connectivity index is 1.75. The lowest BCUT2D eigenvalue weighted by Crippen LogP contribution is -2.27. The Kier molecular flexibility index (Phi) is 6.26. The number of hydrogen-bond donors (Lipinski definition) is 1. The standard InChI is InChI=1S/C24H30N2O3/c1-15(2)20-14-21(16(3)13-22(20)29-5)17(4)25-24(28)18-8-10-19(11-9-18)26-12-6-7-23(26)27/h8-11,13-15,17H,6-7,12H2,1-5H3,(H,25,28). The van der Waals surface area contributed by atoms with Gasteiger partial charge < -0.3 is 15.0 Å². The second-order valence-electron chi connectivity index (χ2n) is 8.00. The summed E-state index contributed by atoms with van der Waals surface area (Å²) in [4.78, 5) is 26.4. The Bertz CT molecular complexity index is 903. The summed E-state index contributed by atoms with van der Waals surface area (Å²) in [7, 11) is 1.69. The molecule has 2 aromatic rings. The van der Waals surface area contributed by atoms with Gasteiger partial charge in [-0.1, -0.05) is 13.8 Å². The van der Waals surface area contributed by atoms with E-state index in [-0.39, 0.29) is 17.9 Å². The normalized spacial score (nSPS) is 15.0. The van der Waals surface area contributed by atoms with Crippen molar-refractivity contribution in [1.29, 1.82) is 0 Å². The Labute approximate surface area is 173 Å². The van der Waals surface area contributed by atoms with Crippen molar-refractivity contribution in [1.82, 2.24) is 5.32 Å². The second kappa shape index (κ2) is 8.68. The smallest absolute Gasteiger partial charge is 0.251 e. The van der Waals surface area contributed by atoms with Crippen molar-refractivity contribution in [3.05, 3.63) is 58.7 Å². The number of aryl methyl sites for hydroxylation is 1. The van der Waals surface area contributed by atoms with E-state index in [1.165, 1.54) is 0 Å². The molecule has 1 unspecified atom stereocenters. The maximum absolute atomic E-state index is 12.8. The molecule has 1 fully saturated rings. The van der Waals surface area contributed by atoms with Crippen molar-refractivity contribution in [3.8, 4) is 5.75 Å². The van der Waals surface area contributed by atoms with Gasteiger partial charge in [0.05, 0.1) is 13.2 Å². The molecule has 2 amide bonds. The van der Waals surface area contributed by atoms with E-state index in [0.29, 0.717) is 17.9 Å². The number of nitrogens with zero attached hydrogens (tertiary/aromatic N) is 1. The predicted octanol–water partition coefficient (Wildman–Crippen LogP) is 4.74. The van der Waals surface area contributed by atoms with Crippen molar-refractivity contribution in [3.63, 3.8) is 0 Å². The van der Waals surface area contributed by atoms with Crippen LogP contribution in [0.1, 0.15) is 72.6 Å². The summed E-state index contributed by atoms with van der Waals surface area (Å²) in [6.07, 6.45) is 1.48. The van der Waals surface area contributed by atoms with Crippen LogP contribution in [0.5, 0.6) is 5.75 Å². The minimum absolute atomic E-state index is 0.127. The lowest BCUT2D eigenvalue weighted by atomic mass is 9.93. The number of hydrogen-bond acceptors (Lipinski definition) is 3. The van der Waals surface area contributed by atoms with Gasteiger partial charge in [0.1, 0.15) is 5.75 Å². The Hall–Kier alpha value is -2.82. The van der Waals surface area contributed by atoms with Gasteiger partial charge >= 0.3 is 0 Å². The molecule has 1 heterocycles. The number of carbonyl (C=O) groups excluding carboxylic acids is 2. The largest absolute Gasteiger partial charge is 0.496 e. The van der Waals surface area contributed by atoms with Crippen LogP contribution in [0.3, 0.4) is 0 Å². The molecule has 0 aliphatic carbocycles. The van der Waals surface area contributed by atoms with Crippen molar-refractivity contribution in [2.24, 2.45) is 0 Å². The van der Waals surface area contributed by atoms with Gasteiger partial charge in [-0.15, -0.1) is 0 Å². The number of anilines is 1. The molecule has 0 radical (unpaired) electrons. The fourth-order valence-electron chi connectivity index (χ4n) is 3.88. The number of nitrogens with one attached hydrogen (secondary N) is 1. The molecule has 154 valence electrons. The number of methoxy groups -OCH3 is 1. The van der Waals surface area contributed by atoms with Crippen molar-refractivity contribution >= 4 is 17.5 Å². The highest BCUT2D eigenvalue weighted by atomic mass is 16.5. The zero-order valence-electron chi connectivity index (χ0n) is 17.9. The summed E-state index contributed by atoms with van der Waals surface area (Å²) in [6, 6.07) is 11.3. The van der Waals surface area contributed by atoms with Gasteiger partial charge in [0, 0.05) is 24.2 Å². The molecule has 3 rings (SSSR count). The van der Waals surface area contributed by atoms with E-state index in [1.54, 1.807) is 24.1 Å². The molecular weight excluding hydrogens is 364 g/mol. The van der Waals surface area contributed by atoms with Crippen LogP contribution < -0.4 is 15.0 Å². The number of carbonyl (C=O) groups is 2. The molecule has 2 aromatic carbocycles. The zero-order chi connectivity index (χ0) is 21.1. The third-order valence-electron chi connectivity index (χ3n) is 5.57. The number of amides is 2. The highest BCUT2D eigenvalue weighted by Crippen LogP contribution is 2.32. The Morgan fingerprint density at radius 2 is 1.79 bits per heavy atom. The molecule has 1 atom stereocenters. The van der Waals surface area contributed by atoms with E-state index >= 15 is 0 Å². The molecule has 0 aromatic heterocycles. The molecule has 1 aliphatic rings. The van der Waals surface area contributed by atoms with Crippen LogP contribution in [0.25, 0.3) is 0 Å². The van der Waals surface area contributed by atoms with Gasteiger partial charge in [0.25, 0.3) is 5.91 Å². The third-order valence-corrected chi connectivity index (χ3v) is 5.57. The van der Waals surface area contributed by atoms with E-state index in [2.05, 4.69) is 25.2 Å². The van der Waals surface area contributed by atoms with E-state index in [9.17, 15) is 9.59 Å². The highest BCUT2D eigenvalue weighted by Gasteiger charge is 2.22. The first-order chi connectivity index (χ1) is 13.8. The number of rotatable bonds is 6. The summed E-state index contributed by atoms with van der Waals surface area (Å²) in [5.41, 5.74) is 4.74. The third kappa shape index (κ3) is 4.44. The predicted molar refractivity (Wildman–Crippen MR) is 116 cm³/mol. The van der Waals surface area contributed by atoms with E-state index in [1.807, 2.05) is 32.0 Å². The van der Waals surface area contributed by atoms with Gasteiger partial charge in [0.15, 0.2) is 0 Å². The van der Waals surface area contributed by atoms with Crippen LogP contribution in [0.4, 0.5) is 5.69 Å². The second-order valence-corrected chi connectivity index (χ2v) is 8.00. The van der Waals surface area contributed by atoms with E-state index in [0.717, 1.165) is 41.1 Å². The fraction of sp³-hybridized carbons (Fsp3) is 0.417. The number of ether oxygens (including phenoxy) is 1. The summed E-state index contributed by atoms with van der Waals surface area (Å²) in [6.45, 7) is 9.04. The molecule has 0 spiro atoms. The molecule has 0 saturated carbocycles. The van der Waals surface area contributed by atoms with Crippen LogP contribution in [-0.2, 0) is 4.79 Å². The van der Waals surface area contributed by atoms with Gasteiger partial charge in [0.2, 0.25) is 5.91 Å². The molecule has 1 aliphatic heterocycles. The van der Waals surface area contributed by atoms with Gasteiger partial charge in [-0.2, -0.15) is 0 Å². The summed E-state index contributed by atoms with van der Waals surface area (Å²) in [5.74, 6) is 1.23.